The van der Waals surface area contributed by atoms with Crippen LogP contribution in [0, 0.1) is 0 Å². The van der Waals surface area contributed by atoms with Gasteiger partial charge in [0.1, 0.15) is 0 Å². The number of fused-ring (bicyclic) bond motifs is 4. The van der Waals surface area contributed by atoms with Crippen molar-refractivity contribution in [3.8, 4) is 44.5 Å². The van der Waals surface area contributed by atoms with E-state index in [-0.39, 0.29) is 13.4 Å². The third kappa shape index (κ3) is 7.02. The second-order valence-electron chi connectivity index (χ2n) is 23.4. The topological polar surface area (TPSA) is 0 Å². The maximum Gasteiger partial charge on any atom is 0.243 e. The van der Waals surface area contributed by atoms with Crippen LogP contribution < -0.4 is 32.8 Å². The first-order valence-electron chi connectivity index (χ1n) is 27.2. The largest absolute Gasteiger partial charge is 0.243 e. The predicted octanol–water partition coefficient (Wildman–Crippen LogP) is 15.7. The monoisotopic (exact) mass is 931 g/mol. The number of rotatable bonds is 10. The van der Waals surface area contributed by atoms with Crippen LogP contribution in [0.15, 0.2) is 158 Å². The Kier molecular flexibility index (Phi) is 11.3. The van der Waals surface area contributed by atoms with Gasteiger partial charge in [-0.15, -0.1) is 0 Å². The fourth-order valence-electron chi connectivity index (χ4n) is 13.5. The van der Waals surface area contributed by atoms with Gasteiger partial charge in [0, 0.05) is 0 Å². The molecule has 0 bridgehead atoms. The molecule has 0 saturated heterocycles. The number of hydrogen-bond donors (Lipinski definition) is 0. The summed E-state index contributed by atoms with van der Waals surface area (Å²) >= 11 is 0. The van der Waals surface area contributed by atoms with Crippen molar-refractivity contribution in [3.63, 3.8) is 0 Å². The van der Waals surface area contributed by atoms with Gasteiger partial charge >= 0.3 is 0 Å². The van der Waals surface area contributed by atoms with Crippen molar-refractivity contribution in [1.82, 2.24) is 0 Å². The van der Waals surface area contributed by atoms with Crippen LogP contribution in [0.5, 0.6) is 0 Å². The van der Waals surface area contributed by atoms with Crippen LogP contribution in [-0.2, 0) is 0 Å². The van der Waals surface area contributed by atoms with Gasteiger partial charge in [0.25, 0.3) is 0 Å². The van der Waals surface area contributed by atoms with E-state index in [0.717, 1.165) is 0 Å². The molecule has 12 rings (SSSR count). The van der Waals surface area contributed by atoms with Gasteiger partial charge in [-0.2, -0.15) is 0 Å². The van der Waals surface area contributed by atoms with E-state index in [0.29, 0.717) is 35.5 Å². The molecule has 72 heavy (non-hydrogen) atoms. The molecule has 0 radical (unpaired) electrons. The summed E-state index contributed by atoms with van der Waals surface area (Å²) in [6, 6.07) is 62.4. The molecule has 0 N–H and O–H groups in total. The highest BCUT2D eigenvalue weighted by Crippen LogP contribution is 2.50. The van der Waals surface area contributed by atoms with Crippen LogP contribution in [0.4, 0.5) is 0 Å². The SMILES string of the molecule is CC(C)c1cc(C(C)C)c(B2c3ccccc3-c3cc(-c4ccccc4)c4cc5c6c(cc(-c7ccccc7)c7cc2c3c4c76)-c2ccccc2B5c2c(C(C)C)cc(C(C)C)cc2C(C)C)c(C(C)C)c1. The highest BCUT2D eigenvalue weighted by molar-refractivity contribution is 7.00. The van der Waals surface area contributed by atoms with E-state index in [2.05, 4.69) is 241 Å². The molecule has 0 spiro atoms. The summed E-state index contributed by atoms with van der Waals surface area (Å²) in [5, 5.41) is 8.37. The fourth-order valence-corrected chi connectivity index (χ4v) is 13.5. The predicted molar refractivity (Wildman–Crippen MR) is 319 cm³/mol. The molecule has 2 aliphatic rings. The van der Waals surface area contributed by atoms with E-state index in [9.17, 15) is 0 Å². The summed E-state index contributed by atoms with van der Waals surface area (Å²) in [6.07, 6.45) is 0. The van der Waals surface area contributed by atoms with Gasteiger partial charge in [-0.1, -0.05) is 261 Å². The summed E-state index contributed by atoms with van der Waals surface area (Å²) in [5.41, 5.74) is 28.1. The molecule has 0 fully saturated rings. The minimum atomic E-state index is 0.0460. The van der Waals surface area contributed by atoms with Crippen LogP contribution in [0.1, 0.15) is 152 Å². The van der Waals surface area contributed by atoms with Crippen LogP contribution in [0.25, 0.3) is 76.8 Å². The molecule has 0 saturated carbocycles. The lowest BCUT2D eigenvalue weighted by Gasteiger charge is -2.36. The van der Waals surface area contributed by atoms with Crippen LogP contribution in [-0.4, -0.2) is 13.4 Å². The number of hydrogen-bond acceptors (Lipinski definition) is 0. The van der Waals surface area contributed by atoms with Crippen molar-refractivity contribution in [3.05, 3.63) is 191 Å². The molecule has 0 aliphatic carbocycles. The van der Waals surface area contributed by atoms with Crippen molar-refractivity contribution in [1.29, 1.82) is 0 Å². The molecule has 0 aromatic heterocycles. The molecule has 0 amide bonds. The Labute approximate surface area is 430 Å². The zero-order valence-corrected chi connectivity index (χ0v) is 44.6. The molecule has 10 aromatic rings. The van der Waals surface area contributed by atoms with Crippen molar-refractivity contribution >= 4 is 78.5 Å². The molecule has 0 atom stereocenters. The van der Waals surface area contributed by atoms with E-state index in [1.165, 1.54) is 143 Å². The molecule has 10 aromatic carbocycles. The molecule has 354 valence electrons. The minimum absolute atomic E-state index is 0.0460. The van der Waals surface area contributed by atoms with Crippen molar-refractivity contribution in [2.24, 2.45) is 0 Å². The second-order valence-corrected chi connectivity index (χ2v) is 23.4. The highest BCUT2D eigenvalue weighted by Gasteiger charge is 2.41. The first kappa shape index (κ1) is 46.4. The Balaban J connectivity index is 1.34. The van der Waals surface area contributed by atoms with E-state index in [1.54, 1.807) is 0 Å². The zero-order chi connectivity index (χ0) is 50.0. The van der Waals surface area contributed by atoms with Gasteiger partial charge in [-0.05, 0) is 158 Å². The summed E-state index contributed by atoms with van der Waals surface area (Å²) in [4.78, 5) is 0. The normalized spacial score (nSPS) is 13.1. The summed E-state index contributed by atoms with van der Waals surface area (Å²) in [7, 11) is 0. The fraction of sp³-hybridized carbons (Fsp3) is 0.257. The average molecular weight is 931 g/mol. The van der Waals surface area contributed by atoms with E-state index in [1.807, 2.05) is 0 Å². The first-order chi connectivity index (χ1) is 34.7. The van der Waals surface area contributed by atoms with Gasteiger partial charge in [-0.3, -0.25) is 0 Å². The van der Waals surface area contributed by atoms with Crippen molar-refractivity contribution < 1.29 is 0 Å². The van der Waals surface area contributed by atoms with Gasteiger partial charge in [0.15, 0.2) is 0 Å². The maximum atomic E-state index is 2.70. The molecule has 0 unspecified atom stereocenters. The zero-order valence-electron chi connectivity index (χ0n) is 44.6. The van der Waals surface area contributed by atoms with Crippen LogP contribution in [0.3, 0.4) is 0 Å². The average Bonchev–Trinajstić information content (AvgIpc) is 3.38. The Morgan fingerprint density at radius 3 is 0.903 bits per heavy atom. The lowest BCUT2D eigenvalue weighted by atomic mass is 9.31. The summed E-state index contributed by atoms with van der Waals surface area (Å²) < 4.78 is 0. The van der Waals surface area contributed by atoms with E-state index < -0.39 is 0 Å². The van der Waals surface area contributed by atoms with E-state index >= 15 is 0 Å². The molecule has 0 nitrogen and oxygen atoms in total. The third-order valence-corrected chi connectivity index (χ3v) is 17.0. The second kappa shape index (κ2) is 17.5. The molecule has 2 heterocycles. The Morgan fingerprint density at radius 1 is 0.264 bits per heavy atom. The Morgan fingerprint density at radius 2 is 0.583 bits per heavy atom. The minimum Gasteiger partial charge on any atom is -0.0664 e. The summed E-state index contributed by atoms with van der Waals surface area (Å²) in [6.45, 7) is 28.9. The lowest BCUT2D eigenvalue weighted by molar-refractivity contribution is 0.812. The van der Waals surface area contributed by atoms with E-state index in [4.69, 9.17) is 0 Å². The molecule has 2 heteroatoms. The maximum absolute atomic E-state index is 2.70. The molecular formula is C70H68B2. The lowest BCUT2D eigenvalue weighted by Crippen LogP contribution is -2.58. The van der Waals surface area contributed by atoms with Gasteiger partial charge < -0.3 is 0 Å². The third-order valence-electron chi connectivity index (χ3n) is 17.0. The van der Waals surface area contributed by atoms with Gasteiger partial charge in [0.05, 0.1) is 0 Å². The molecular weight excluding hydrogens is 862 g/mol. The van der Waals surface area contributed by atoms with Crippen molar-refractivity contribution in [2.75, 3.05) is 0 Å². The standard InChI is InChI=1S/C70H68B2/c1-39(2)47-31-51(41(5)6)69(52(32-47)42(7)8)71-61-29-21-19-27-49(61)57-35-56(46-25-17-14-18-26-46)60-38-64-66-58(36-55(45-23-15-13-16-24-45)59-37-63(71)65(57)67(60)68(59)66)50-28-20-22-30-62(50)72(64)70-53(43(9)10)33-48(40(3)4)34-54(70)44(11)12/h13-44H,1-12H3. The Hall–Kier alpha value is -6.63. The molecule has 2 aliphatic heterocycles. The van der Waals surface area contributed by atoms with Gasteiger partial charge in [0.2, 0.25) is 13.4 Å². The van der Waals surface area contributed by atoms with Gasteiger partial charge in [-0.25, -0.2) is 0 Å². The van der Waals surface area contributed by atoms with Crippen molar-refractivity contribution in [2.45, 2.75) is 119 Å². The Bertz CT molecular complexity index is 3450. The van der Waals surface area contributed by atoms with Crippen LogP contribution >= 0.6 is 0 Å². The first-order valence-corrected chi connectivity index (χ1v) is 27.2. The van der Waals surface area contributed by atoms with Crippen LogP contribution in [0.2, 0.25) is 0 Å². The highest BCUT2D eigenvalue weighted by atomic mass is 14.3. The quantitative estimate of drug-likeness (QED) is 0.0947. The number of benzene rings is 10. The summed E-state index contributed by atoms with van der Waals surface area (Å²) in [5.74, 6) is 2.29. The smallest absolute Gasteiger partial charge is 0.0664 e.